The van der Waals surface area contributed by atoms with E-state index in [0.717, 1.165) is 6.07 Å². The van der Waals surface area contributed by atoms with Crippen molar-refractivity contribution in [3.8, 4) is 5.75 Å². The number of hydrogen-bond acceptors (Lipinski definition) is 6. The molecule has 1 amide bonds. The number of carbonyl (C=O) groups is 3. The summed E-state index contributed by atoms with van der Waals surface area (Å²) in [6, 6.07) is 6.98. The molecule has 0 radical (unpaired) electrons. The van der Waals surface area contributed by atoms with Crippen molar-refractivity contribution in [2.45, 2.75) is 13.0 Å². The number of esters is 1. The molecule has 1 saturated heterocycles. The van der Waals surface area contributed by atoms with Crippen molar-refractivity contribution < 1.29 is 32.7 Å². The number of amides is 1. The number of likely N-dealkylation sites (tertiary alicyclic amines) is 1. The van der Waals surface area contributed by atoms with E-state index in [-0.39, 0.29) is 36.7 Å². The van der Waals surface area contributed by atoms with Gasteiger partial charge in [-0.2, -0.15) is 0 Å². The van der Waals surface area contributed by atoms with Crippen molar-refractivity contribution in [1.82, 2.24) is 4.90 Å². The van der Waals surface area contributed by atoms with Gasteiger partial charge in [-0.05, 0) is 30.3 Å². The number of methoxy groups -OCH3 is 1. The molecule has 7 nitrogen and oxygen atoms in total. The molecule has 1 aliphatic heterocycles. The zero-order valence-electron chi connectivity index (χ0n) is 14.6. The fraction of sp³-hybridized carbons (Fsp3) is 0.316. The Kier molecular flexibility index (Phi) is 5.54. The average molecular weight is 375 g/mol. The summed E-state index contributed by atoms with van der Waals surface area (Å²) in [7, 11) is 1.35. The van der Waals surface area contributed by atoms with Crippen LogP contribution in [0.2, 0.25) is 0 Å². The molecule has 27 heavy (non-hydrogen) atoms. The summed E-state index contributed by atoms with van der Waals surface area (Å²) in [6.45, 7) is -0.0909. The fourth-order valence-electron chi connectivity index (χ4n) is 2.90. The summed E-state index contributed by atoms with van der Waals surface area (Å²) in [6.07, 6.45) is 1.52. The van der Waals surface area contributed by atoms with Gasteiger partial charge < -0.3 is 18.8 Å². The molecule has 2 heterocycles. The Balaban J connectivity index is 1.56. The maximum absolute atomic E-state index is 13.4. The van der Waals surface area contributed by atoms with E-state index >= 15 is 0 Å². The van der Waals surface area contributed by atoms with Gasteiger partial charge in [0.05, 0.1) is 31.4 Å². The molecule has 1 aliphatic rings. The van der Waals surface area contributed by atoms with Crippen LogP contribution < -0.4 is 4.74 Å². The first kappa shape index (κ1) is 18.6. The van der Waals surface area contributed by atoms with E-state index < -0.39 is 30.1 Å². The lowest BCUT2D eigenvalue weighted by Crippen LogP contribution is -2.27. The molecule has 0 bridgehead atoms. The number of ketones is 1. The fourth-order valence-corrected chi connectivity index (χ4v) is 2.90. The standard InChI is InChI=1S/C19H18FNO6/c1-25-17-5-4-13(20)8-15(17)16(22)11-27-19(24)12-7-18(23)21(9-12)10-14-3-2-6-26-14/h2-6,8,12H,7,9-11H2,1H3. The van der Waals surface area contributed by atoms with Crippen LogP contribution in [0.15, 0.2) is 41.0 Å². The monoisotopic (exact) mass is 375 g/mol. The summed E-state index contributed by atoms with van der Waals surface area (Å²) in [4.78, 5) is 38.0. The molecule has 2 aromatic rings. The van der Waals surface area contributed by atoms with Gasteiger partial charge in [0, 0.05) is 13.0 Å². The molecule has 1 fully saturated rings. The van der Waals surface area contributed by atoms with E-state index in [2.05, 4.69) is 0 Å². The van der Waals surface area contributed by atoms with Crippen molar-refractivity contribution in [2.24, 2.45) is 5.92 Å². The second-order valence-electron chi connectivity index (χ2n) is 6.13. The van der Waals surface area contributed by atoms with Crippen LogP contribution in [-0.4, -0.2) is 42.8 Å². The smallest absolute Gasteiger partial charge is 0.311 e. The maximum atomic E-state index is 13.4. The molecule has 0 spiro atoms. The molecular formula is C19H18FNO6. The first-order chi connectivity index (χ1) is 13.0. The van der Waals surface area contributed by atoms with E-state index in [1.54, 1.807) is 12.1 Å². The molecule has 1 unspecified atom stereocenters. The number of halogens is 1. The molecule has 0 aliphatic carbocycles. The van der Waals surface area contributed by atoms with Crippen LogP contribution in [0.5, 0.6) is 5.75 Å². The number of ether oxygens (including phenoxy) is 2. The largest absolute Gasteiger partial charge is 0.496 e. The third kappa shape index (κ3) is 4.33. The quantitative estimate of drug-likeness (QED) is 0.545. The summed E-state index contributed by atoms with van der Waals surface area (Å²) in [5.74, 6) is -1.86. The molecule has 1 aromatic heterocycles. The van der Waals surface area contributed by atoms with Crippen LogP contribution in [0.3, 0.4) is 0 Å². The average Bonchev–Trinajstić information content (AvgIpc) is 3.30. The minimum Gasteiger partial charge on any atom is -0.496 e. The predicted octanol–water partition coefficient (Wildman–Crippen LogP) is 2.20. The van der Waals surface area contributed by atoms with Crippen molar-refractivity contribution >= 4 is 17.7 Å². The maximum Gasteiger partial charge on any atom is 0.311 e. The number of benzene rings is 1. The Morgan fingerprint density at radius 3 is 2.85 bits per heavy atom. The van der Waals surface area contributed by atoms with Crippen LogP contribution in [0.25, 0.3) is 0 Å². The normalized spacial score (nSPS) is 16.4. The Labute approximate surface area is 154 Å². The molecule has 1 atom stereocenters. The molecule has 3 rings (SSSR count). The first-order valence-electron chi connectivity index (χ1n) is 8.31. The molecule has 142 valence electrons. The Bertz CT molecular complexity index is 848. The highest BCUT2D eigenvalue weighted by Gasteiger charge is 2.36. The summed E-state index contributed by atoms with van der Waals surface area (Å²) in [5.41, 5.74) is -0.00718. The number of Topliss-reactive ketones (excluding diaryl/α,β-unsaturated/α-hetero) is 1. The van der Waals surface area contributed by atoms with E-state index in [4.69, 9.17) is 13.9 Å². The minimum atomic E-state index is -0.658. The third-order valence-corrected chi connectivity index (χ3v) is 4.28. The van der Waals surface area contributed by atoms with E-state index in [9.17, 15) is 18.8 Å². The highest BCUT2D eigenvalue weighted by atomic mass is 19.1. The Hall–Kier alpha value is -3.16. The zero-order valence-corrected chi connectivity index (χ0v) is 14.6. The van der Waals surface area contributed by atoms with E-state index in [1.807, 2.05) is 0 Å². The van der Waals surface area contributed by atoms with E-state index in [0.29, 0.717) is 5.76 Å². The number of nitrogens with zero attached hydrogens (tertiary/aromatic N) is 1. The second kappa shape index (κ2) is 8.03. The molecular weight excluding hydrogens is 357 g/mol. The number of furan rings is 1. The summed E-state index contributed by atoms with van der Waals surface area (Å²) >= 11 is 0. The van der Waals surface area contributed by atoms with Crippen LogP contribution in [0.1, 0.15) is 22.5 Å². The highest BCUT2D eigenvalue weighted by Crippen LogP contribution is 2.23. The Morgan fingerprint density at radius 1 is 1.33 bits per heavy atom. The van der Waals surface area contributed by atoms with Gasteiger partial charge in [-0.15, -0.1) is 0 Å². The molecule has 8 heteroatoms. The molecule has 1 aromatic carbocycles. The van der Waals surface area contributed by atoms with Crippen LogP contribution >= 0.6 is 0 Å². The van der Waals surface area contributed by atoms with Gasteiger partial charge in [0.2, 0.25) is 11.7 Å². The Morgan fingerprint density at radius 2 is 2.15 bits per heavy atom. The second-order valence-corrected chi connectivity index (χ2v) is 6.13. The number of rotatable bonds is 7. The highest BCUT2D eigenvalue weighted by molar-refractivity contribution is 6.00. The van der Waals surface area contributed by atoms with Gasteiger partial charge in [0.15, 0.2) is 6.61 Å². The van der Waals surface area contributed by atoms with Gasteiger partial charge in [0.1, 0.15) is 17.3 Å². The zero-order chi connectivity index (χ0) is 19.4. The first-order valence-corrected chi connectivity index (χ1v) is 8.31. The SMILES string of the molecule is COc1ccc(F)cc1C(=O)COC(=O)C1CC(=O)N(Cc2ccco2)C1. The van der Waals surface area contributed by atoms with Crippen molar-refractivity contribution in [1.29, 1.82) is 0 Å². The van der Waals surface area contributed by atoms with Crippen molar-refractivity contribution in [2.75, 3.05) is 20.3 Å². The lowest BCUT2D eigenvalue weighted by molar-refractivity contribution is -0.147. The summed E-state index contributed by atoms with van der Waals surface area (Å²) < 4.78 is 28.6. The lowest BCUT2D eigenvalue weighted by Gasteiger charge is -2.14. The third-order valence-electron chi connectivity index (χ3n) is 4.28. The minimum absolute atomic E-state index is 0.00718. The topological polar surface area (TPSA) is 86.0 Å². The van der Waals surface area contributed by atoms with Gasteiger partial charge in [-0.1, -0.05) is 0 Å². The van der Waals surface area contributed by atoms with Gasteiger partial charge in [-0.25, -0.2) is 4.39 Å². The number of hydrogen-bond donors (Lipinski definition) is 0. The van der Waals surface area contributed by atoms with Crippen molar-refractivity contribution in [3.05, 3.63) is 53.7 Å². The lowest BCUT2D eigenvalue weighted by atomic mass is 10.1. The van der Waals surface area contributed by atoms with Gasteiger partial charge >= 0.3 is 5.97 Å². The van der Waals surface area contributed by atoms with Crippen molar-refractivity contribution in [3.63, 3.8) is 0 Å². The van der Waals surface area contributed by atoms with Gasteiger partial charge in [-0.3, -0.25) is 14.4 Å². The predicted molar refractivity (Wildman–Crippen MR) is 90.5 cm³/mol. The molecule has 0 saturated carbocycles. The van der Waals surface area contributed by atoms with Crippen LogP contribution in [0, 0.1) is 11.7 Å². The van der Waals surface area contributed by atoms with E-state index in [1.165, 1.54) is 30.4 Å². The van der Waals surface area contributed by atoms with Crippen LogP contribution in [-0.2, 0) is 20.9 Å². The molecule has 0 N–H and O–H groups in total. The van der Waals surface area contributed by atoms with Gasteiger partial charge in [0.25, 0.3) is 0 Å². The number of carbonyl (C=O) groups excluding carboxylic acids is 3. The summed E-state index contributed by atoms with van der Waals surface area (Å²) in [5, 5.41) is 0. The van der Waals surface area contributed by atoms with Crippen LogP contribution in [0.4, 0.5) is 4.39 Å².